The van der Waals surface area contributed by atoms with Crippen molar-refractivity contribution < 1.29 is 9.90 Å². The van der Waals surface area contributed by atoms with Crippen LogP contribution in [-0.2, 0) is 4.79 Å². The highest BCUT2D eigenvalue weighted by molar-refractivity contribution is 9.10. The summed E-state index contributed by atoms with van der Waals surface area (Å²) in [7, 11) is 0. The van der Waals surface area contributed by atoms with E-state index in [2.05, 4.69) is 20.9 Å². The van der Waals surface area contributed by atoms with Gasteiger partial charge in [-0.2, -0.15) is 0 Å². The van der Waals surface area contributed by atoms with Gasteiger partial charge in [-0.1, -0.05) is 29.8 Å². The van der Waals surface area contributed by atoms with E-state index >= 15 is 0 Å². The standard InChI is InChI=1S/C10H12BrNO2/c1-6(2)9(10(13)14)7-5-12-4-3-8(7)11/h3-6,9H,1-2H3,(H,13,14). The molecular weight excluding hydrogens is 246 g/mol. The Kier molecular flexibility index (Phi) is 3.63. The van der Waals surface area contributed by atoms with Crippen LogP contribution in [0, 0.1) is 5.92 Å². The Morgan fingerprint density at radius 2 is 2.21 bits per heavy atom. The third-order valence-corrected chi connectivity index (χ3v) is 2.79. The summed E-state index contributed by atoms with van der Waals surface area (Å²) < 4.78 is 0.800. The lowest BCUT2D eigenvalue weighted by atomic mass is 9.90. The molecule has 1 atom stereocenters. The fourth-order valence-electron chi connectivity index (χ4n) is 1.40. The molecule has 0 amide bonds. The molecule has 0 saturated carbocycles. The molecule has 1 heterocycles. The highest BCUT2D eigenvalue weighted by Crippen LogP contribution is 2.29. The van der Waals surface area contributed by atoms with E-state index in [0.29, 0.717) is 0 Å². The van der Waals surface area contributed by atoms with Gasteiger partial charge in [0.05, 0.1) is 5.92 Å². The van der Waals surface area contributed by atoms with E-state index in [9.17, 15) is 4.79 Å². The van der Waals surface area contributed by atoms with Crippen LogP contribution in [0.4, 0.5) is 0 Å². The minimum absolute atomic E-state index is 0.0491. The number of carboxylic acid groups (broad SMARTS) is 1. The number of hydrogen-bond donors (Lipinski definition) is 1. The maximum Gasteiger partial charge on any atom is 0.311 e. The van der Waals surface area contributed by atoms with E-state index < -0.39 is 11.9 Å². The molecule has 0 aliphatic heterocycles. The molecule has 0 fully saturated rings. The van der Waals surface area contributed by atoms with Crippen molar-refractivity contribution in [3.8, 4) is 0 Å². The second-order valence-corrected chi connectivity index (χ2v) is 4.31. The summed E-state index contributed by atoms with van der Waals surface area (Å²) in [6.07, 6.45) is 3.23. The minimum atomic E-state index is -0.811. The number of carboxylic acids is 1. The summed E-state index contributed by atoms with van der Waals surface area (Å²) in [6.45, 7) is 3.77. The predicted octanol–water partition coefficient (Wildman–Crippen LogP) is 2.67. The van der Waals surface area contributed by atoms with Crippen LogP contribution in [0.15, 0.2) is 22.9 Å². The van der Waals surface area contributed by atoms with Gasteiger partial charge in [-0.3, -0.25) is 9.78 Å². The van der Waals surface area contributed by atoms with Gasteiger partial charge in [-0.25, -0.2) is 0 Å². The molecule has 0 aliphatic rings. The quantitative estimate of drug-likeness (QED) is 0.906. The van der Waals surface area contributed by atoms with Gasteiger partial charge in [0.15, 0.2) is 0 Å². The fourth-order valence-corrected chi connectivity index (χ4v) is 1.86. The van der Waals surface area contributed by atoms with E-state index in [1.165, 1.54) is 0 Å². The molecule has 14 heavy (non-hydrogen) atoms. The van der Waals surface area contributed by atoms with Crippen molar-refractivity contribution in [2.45, 2.75) is 19.8 Å². The number of aromatic nitrogens is 1. The van der Waals surface area contributed by atoms with Crippen LogP contribution in [0.1, 0.15) is 25.3 Å². The smallest absolute Gasteiger partial charge is 0.311 e. The number of pyridine rings is 1. The third-order valence-electron chi connectivity index (χ3n) is 2.06. The third kappa shape index (κ3) is 2.32. The van der Waals surface area contributed by atoms with Gasteiger partial charge in [0.1, 0.15) is 0 Å². The monoisotopic (exact) mass is 257 g/mol. The number of nitrogens with zero attached hydrogens (tertiary/aromatic N) is 1. The van der Waals surface area contributed by atoms with Gasteiger partial charge >= 0.3 is 5.97 Å². The van der Waals surface area contributed by atoms with Crippen LogP contribution in [0.5, 0.6) is 0 Å². The number of aliphatic carboxylic acids is 1. The van der Waals surface area contributed by atoms with Gasteiger partial charge in [-0.05, 0) is 17.5 Å². The molecule has 0 saturated heterocycles. The van der Waals surface area contributed by atoms with Gasteiger partial charge < -0.3 is 5.11 Å². The lowest BCUT2D eigenvalue weighted by Crippen LogP contribution is -2.18. The van der Waals surface area contributed by atoms with E-state index in [4.69, 9.17) is 5.11 Å². The van der Waals surface area contributed by atoms with Crippen molar-refractivity contribution in [2.75, 3.05) is 0 Å². The Morgan fingerprint density at radius 1 is 1.57 bits per heavy atom. The second kappa shape index (κ2) is 4.55. The summed E-state index contributed by atoms with van der Waals surface area (Å²) in [5.74, 6) is -1.26. The largest absolute Gasteiger partial charge is 0.481 e. The average molecular weight is 258 g/mol. The predicted molar refractivity (Wildman–Crippen MR) is 57.2 cm³/mol. The maximum atomic E-state index is 11.0. The van der Waals surface area contributed by atoms with Crippen molar-refractivity contribution in [1.82, 2.24) is 4.98 Å². The Labute approximate surface area is 91.3 Å². The van der Waals surface area contributed by atoms with Crippen molar-refractivity contribution in [2.24, 2.45) is 5.92 Å². The van der Waals surface area contributed by atoms with E-state index in [1.54, 1.807) is 18.5 Å². The first-order valence-corrected chi connectivity index (χ1v) is 5.15. The van der Waals surface area contributed by atoms with Crippen molar-refractivity contribution in [3.05, 3.63) is 28.5 Å². The lowest BCUT2D eigenvalue weighted by molar-refractivity contribution is -0.139. The number of rotatable bonds is 3. The van der Waals surface area contributed by atoms with Crippen LogP contribution in [0.3, 0.4) is 0 Å². The molecule has 0 spiro atoms. The van der Waals surface area contributed by atoms with Gasteiger partial charge in [0.2, 0.25) is 0 Å². The zero-order valence-electron chi connectivity index (χ0n) is 8.07. The summed E-state index contributed by atoms with van der Waals surface area (Å²) in [5, 5.41) is 9.07. The SMILES string of the molecule is CC(C)C(C(=O)O)c1cnccc1Br. The first kappa shape index (κ1) is 11.2. The zero-order chi connectivity index (χ0) is 10.7. The Morgan fingerprint density at radius 3 is 2.64 bits per heavy atom. The molecule has 3 nitrogen and oxygen atoms in total. The second-order valence-electron chi connectivity index (χ2n) is 3.46. The maximum absolute atomic E-state index is 11.0. The Bertz CT molecular complexity index is 339. The van der Waals surface area contributed by atoms with E-state index in [1.807, 2.05) is 13.8 Å². The number of carbonyl (C=O) groups is 1. The molecule has 1 N–H and O–H groups in total. The average Bonchev–Trinajstić information content (AvgIpc) is 2.07. The van der Waals surface area contributed by atoms with Gasteiger partial charge in [-0.15, -0.1) is 0 Å². The summed E-state index contributed by atoms with van der Waals surface area (Å²) in [5.41, 5.74) is 0.731. The molecule has 0 aliphatic carbocycles. The molecule has 4 heteroatoms. The lowest BCUT2D eigenvalue weighted by Gasteiger charge is -2.17. The van der Waals surface area contributed by atoms with E-state index in [-0.39, 0.29) is 5.92 Å². The van der Waals surface area contributed by atoms with Crippen LogP contribution >= 0.6 is 15.9 Å². The normalized spacial score (nSPS) is 12.9. The zero-order valence-corrected chi connectivity index (χ0v) is 9.65. The number of halogens is 1. The molecule has 0 radical (unpaired) electrons. The topological polar surface area (TPSA) is 50.2 Å². The molecular formula is C10H12BrNO2. The van der Waals surface area contributed by atoms with Gasteiger partial charge in [0, 0.05) is 16.9 Å². The van der Waals surface area contributed by atoms with Gasteiger partial charge in [0.25, 0.3) is 0 Å². The Balaban J connectivity index is 3.12. The van der Waals surface area contributed by atoms with Crippen LogP contribution in [0.2, 0.25) is 0 Å². The Hall–Kier alpha value is -0.900. The summed E-state index contributed by atoms with van der Waals surface area (Å²) in [6, 6.07) is 1.76. The molecule has 0 bridgehead atoms. The summed E-state index contributed by atoms with van der Waals surface area (Å²) >= 11 is 3.33. The number of hydrogen-bond acceptors (Lipinski definition) is 2. The van der Waals surface area contributed by atoms with Crippen molar-refractivity contribution in [3.63, 3.8) is 0 Å². The molecule has 76 valence electrons. The minimum Gasteiger partial charge on any atom is -0.481 e. The van der Waals surface area contributed by atoms with Crippen LogP contribution in [0.25, 0.3) is 0 Å². The highest BCUT2D eigenvalue weighted by Gasteiger charge is 2.25. The van der Waals surface area contributed by atoms with Crippen LogP contribution < -0.4 is 0 Å². The molecule has 1 unspecified atom stereocenters. The van der Waals surface area contributed by atoms with Crippen LogP contribution in [-0.4, -0.2) is 16.1 Å². The van der Waals surface area contributed by atoms with E-state index in [0.717, 1.165) is 10.0 Å². The molecule has 1 rings (SSSR count). The molecule has 1 aromatic heterocycles. The first-order valence-electron chi connectivity index (χ1n) is 4.36. The first-order chi connectivity index (χ1) is 6.54. The highest BCUT2D eigenvalue weighted by atomic mass is 79.9. The summed E-state index contributed by atoms with van der Waals surface area (Å²) in [4.78, 5) is 15.0. The fraction of sp³-hybridized carbons (Fsp3) is 0.400. The van der Waals surface area contributed by atoms with Crippen molar-refractivity contribution >= 4 is 21.9 Å². The molecule has 0 aromatic carbocycles. The molecule has 1 aromatic rings. The van der Waals surface area contributed by atoms with Crippen molar-refractivity contribution in [1.29, 1.82) is 0 Å².